The molecule has 0 saturated carbocycles. The molecule has 0 bridgehead atoms. The minimum absolute atomic E-state index is 0.0473. The highest BCUT2D eigenvalue weighted by atomic mass is 79.9. The van der Waals surface area contributed by atoms with Crippen molar-refractivity contribution >= 4 is 31.7 Å². The number of carbonyl (C=O) groups excluding carboxylic acids is 1. The van der Waals surface area contributed by atoms with Crippen LogP contribution in [0.5, 0.6) is 5.75 Å². The number of hydrogen-bond acceptors (Lipinski definition) is 5. The summed E-state index contributed by atoms with van der Waals surface area (Å²) in [6, 6.07) is 7.04. The molecule has 0 spiro atoms. The lowest BCUT2D eigenvalue weighted by atomic mass is 10.1. The zero-order valence-electron chi connectivity index (χ0n) is 15.5. The largest absolute Gasteiger partial charge is 0.481 e. The molecular weight excluding hydrogens is 420 g/mol. The third kappa shape index (κ3) is 6.25. The highest BCUT2D eigenvalue weighted by Gasteiger charge is 2.36. The zero-order valence-corrected chi connectivity index (χ0v) is 17.9. The van der Waals surface area contributed by atoms with Crippen LogP contribution in [0.1, 0.15) is 19.8 Å². The summed E-state index contributed by atoms with van der Waals surface area (Å²) in [6.45, 7) is 3.09. The smallest absolute Gasteiger partial charge is 0.263 e. The first-order valence-electron chi connectivity index (χ1n) is 8.76. The maximum atomic E-state index is 13.0. The minimum atomic E-state index is -3.06. The maximum Gasteiger partial charge on any atom is 0.263 e. The summed E-state index contributed by atoms with van der Waals surface area (Å²) in [7, 11) is 0.900. The molecule has 0 N–H and O–H groups in total. The Morgan fingerprint density at radius 3 is 2.46 bits per heavy atom. The number of amides is 1. The minimum Gasteiger partial charge on any atom is -0.481 e. The highest BCUT2D eigenvalue weighted by Crippen LogP contribution is 2.21. The van der Waals surface area contributed by atoms with Crippen molar-refractivity contribution in [3.8, 4) is 5.75 Å². The fourth-order valence-corrected chi connectivity index (χ4v) is 5.05. The van der Waals surface area contributed by atoms with Gasteiger partial charge in [-0.25, -0.2) is 8.42 Å². The van der Waals surface area contributed by atoms with Crippen LogP contribution in [-0.2, 0) is 14.6 Å². The second kappa shape index (κ2) is 9.19. The van der Waals surface area contributed by atoms with Crippen molar-refractivity contribution < 1.29 is 17.9 Å². The molecule has 1 saturated heterocycles. The van der Waals surface area contributed by atoms with E-state index in [2.05, 4.69) is 20.8 Å². The Labute approximate surface area is 164 Å². The molecule has 2 unspecified atom stereocenters. The zero-order chi connectivity index (χ0) is 19.3. The van der Waals surface area contributed by atoms with Gasteiger partial charge < -0.3 is 14.5 Å². The SMILES string of the molecule is CC(Oc1ccc(Br)cc1)C(=O)N(CCCN(C)C)C1CCS(=O)(=O)C1. The number of nitrogens with zero attached hydrogens (tertiary/aromatic N) is 2. The van der Waals surface area contributed by atoms with Crippen LogP contribution < -0.4 is 4.74 Å². The lowest BCUT2D eigenvalue weighted by Gasteiger charge is -2.31. The standard InChI is InChI=1S/C18H27BrN2O4S/c1-14(25-17-7-5-15(19)6-8-17)18(22)21(11-4-10-20(2)3)16-9-12-26(23,24)13-16/h5-8,14,16H,4,9-13H2,1-3H3. The molecular formula is C18H27BrN2O4S. The Morgan fingerprint density at radius 1 is 1.27 bits per heavy atom. The van der Waals surface area contributed by atoms with Crippen LogP contribution in [0, 0.1) is 0 Å². The number of ether oxygens (including phenoxy) is 1. The number of carbonyl (C=O) groups is 1. The molecule has 1 aliphatic heterocycles. The molecule has 1 fully saturated rings. The average molecular weight is 447 g/mol. The third-order valence-corrected chi connectivity index (χ3v) is 6.69. The molecule has 1 aliphatic rings. The fourth-order valence-electron chi connectivity index (χ4n) is 3.05. The third-order valence-electron chi connectivity index (χ3n) is 4.41. The first kappa shape index (κ1) is 21.2. The van der Waals surface area contributed by atoms with Gasteiger partial charge in [-0.15, -0.1) is 0 Å². The van der Waals surface area contributed by atoms with E-state index in [1.54, 1.807) is 24.0 Å². The lowest BCUT2D eigenvalue weighted by Crippen LogP contribution is -2.48. The van der Waals surface area contributed by atoms with Gasteiger partial charge in [-0.3, -0.25) is 4.79 Å². The van der Waals surface area contributed by atoms with Gasteiger partial charge in [0.2, 0.25) is 0 Å². The van der Waals surface area contributed by atoms with Gasteiger partial charge in [-0.2, -0.15) is 0 Å². The Kier molecular flexibility index (Phi) is 7.49. The predicted octanol–water partition coefficient (Wildman–Crippen LogP) is 2.18. The molecule has 26 heavy (non-hydrogen) atoms. The Bertz CT molecular complexity index is 706. The van der Waals surface area contributed by atoms with Crippen molar-refractivity contribution in [3.63, 3.8) is 0 Å². The van der Waals surface area contributed by atoms with E-state index in [0.717, 1.165) is 17.4 Å². The second-order valence-corrected chi connectivity index (χ2v) is 10.1. The van der Waals surface area contributed by atoms with Crippen LogP contribution in [-0.4, -0.2) is 75.0 Å². The van der Waals surface area contributed by atoms with E-state index in [1.807, 2.05) is 26.2 Å². The van der Waals surface area contributed by atoms with Crippen molar-refractivity contribution in [2.45, 2.75) is 31.9 Å². The van der Waals surface area contributed by atoms with E-state index >= 15 is 0 Å². The van der Waals surface area contributed by atoms with E-state index < -0.39 is 15.9 Å². The quantitative estimate of drug-likeness (QED) is 0.611. The monoisotopic (exact) mass is 446 g/mol. The summed E-state index contributed by atoms with van der Waals surface area (Å²) in [5.41, 5.74) is 0. The molecule has 1 aromatic carbocycles. The number of halogens is 1. The van der Waals surface area contributed by atoms with Gasteiger partial charge in [-0.05, 0) is 64.7 Å². The molecule has 1 heterocycles. The Balaban J connectivity index is 2.06. The van der Waals surface area contributed by atoms with Gasteiger partial charge in [0.05, 0.1) is 11.5 Å². The van der Waals surface area contributed by atoms with Crippen molar-refractivity contribution in [3.05, 3.63) is 28.7 Å². The first-order chi connectivity index (χ1) is 12.2. The molecule has 0 radical (unpaired) electrons. The van der Waals surface area contributed by atoms with Gasteiger partial charge in [0.25, 0.3) is 5.91 Å². The summed E-state index contributed by atoms with van der Waals surface area (Å²) < 4.78 is 30.4. The molecule has 1 amide bonds. The van der Waals surface area contributed by atoms with Crippen LogP contribution in [0.3, 0.4) is 0 Å². The number of rotatable bonds is 8. The van der Waals surface area contributed by atoms with Crippen molar-refractivity contribution in [1.82, 2.24) is 9.80 Å². The van der Waals surface area contributed by atoms with E-state index in [4.69, 9.17) is 4.74 Å². The number of benzene rings is 1. The molecule has 2 atom stereocenters. The van der Waals surface area contributed by atoms with Crippen LogP contribution in [0.25, 0.3) is 0 Å². The normalized spacial score (nSPS) is 20.1. The van der Waals surface area contributed by atoms with Crippen LogP contribution in [0.15, 0.2) is 28.7 Å². The first-order valence-corrected chi connectivity index (χ1v) is 11.4. The predicted molar refractivity (Wildman–Crippen MR) is 106 cm³/mol. The van der Waals surface area contributed by atoms with Crippen LogP contribution in [0.4, 0.5) is 0 Å². The molecule has 8 heteroatoms. The molecule has 2 rings (SSSR count). The van der Waals surface area contributed by atoms with Gasteiger partial charge >= 0.3 is 0 Å². The van der Waals surface area contributed by atoms with Crippen molar-refractivity contribution in [1.29, 1.82) is 0 Å². The summed E-state index contributed by atoms with van der Waals surface area (Å²) in [4.78, 5) is 16.7. The summed E-state index contributed by atoms with van der Waals surface area (Å²) in [5.74, 6) is 0.651. The van der Waals surface area contributed by atoms with Gasteiger partial charge in [0.1, 0.15) is 5.75 Å². The van der Waals surface area contributed by atoms with Crippen molar-refractivity contribution in [2.24, 2.45) is 0 Å². The number of sulfone groups is 1. The van der Waals surface area contributed by atoms with Gasteiger partial charge in [0, 0.05) is 17.1 Å². The molecule has 0 aromatic heterocycles. The summed E-state index contributed by atoms with van der Waals surface area (Å²) >= 11 is 3.37. The molecule has 0 aliphatic carbocycles. The van der Waals surface area contributed by atoms with E-state index in [1.165, 1.54) is 0 Å². The maximum absolute atomic E-state index is 13.0. The molecule has 146 valence electrons. The van der Waals surface area contributed by atoms with E-state index in [0.29, 0.717) is 18.7 Å². The number of hydrogen-bond donors (Lipinski definition) is 0. The van der Waals surface area contributed by atoms with Crippen molar-refractivity contribution in [2.75, 3.05) is 38.7 Å². The van der Waals surface area contributed by atoms with Crippen LogP contribution in [0.2, 0.25) is 0 Å². The fraction of sp³-hybridized carbons (Fsp3) is 0.611. The lowest BCUT2D eigenvalue weighted by molar-refractivity contribution is -0.140. The molecule has 6 nitrogen and oxygen atoms in total. The second-order valence-electron chi connectivity index (χ2n) is 6.96. The summed E-state index contributed by atoms with van der Waals surface area (Å²) in [5, 5.41) is 0. The Hall–Kier alpha value is -1.12. The van der Waals surface area contributed by atoms with Gasteiger partial charge in [-0.1, -0.05) is 15.9 Å². The van der Waals surface area contributed by atoms with E-state index in [-0.39, 0.29) is 23.5 Å². The topological polar surface area (TPSA) is 66.9 Å². The van der Waals surface area contributed by atoms with E-state index in [9.17, 15) is 13.2 Å². The molecule has 1 aromatic rings. The van der Waals surface area contributed by atoms with Crippen LogP contribution >= 0.6 is 15.9 Å². The average Bonchev–Trinajstić information content (AvgIpc) is 2.92. The Morgan fingerprint density at radius 2 is 1.92 bits per heavy atom. The van der Waals surface area contributed by atoms with Gasteiger partial charge in [0.15, 0.2) is 15.9 Å². The highest BCUT2D eigenvalue weighted by molar-refractivity contribution is 9.10. The summed E-state index contributed by atoms with van der Waals surface area (Å²) in [6.07, 6.45) is 0.625.